The van der Waals surface area contributed by atoms with Crippen LogP contribution in [-0.2, 0) is 5.54 Å². The Morgan fingerprint density at radius 1 is 1.14 bits per heavy atom. The fourth-order valence-electron chi connectivity index (χ4n) is 3.41. The van der Waals surface area contributed by atoms with E-state index in [-0.39, 0.29) is 5.54 Å². The van der Waals surface area contributed by atoms with Gasteiger partial charge in [0.2, 0.25) is 0 Å². The van der Waals surface area contributed by atoms with Gasteiger partial charge in [-0.15, -0.1) is 0 Å². The first-order valence-electron chi connectivity index (χ1n) is 8.71. The minimum absolute atomic E-state index is 0.137. The summed E-state index contributed by atoms with van der Waals surface area (Å²) in [5.41, 5.74) is 1.58. The molecular formula is C19H32N2. The Kier molecular flexibility index (Phi) is 6.25. The zero-order valence-electron chi connectivity index (χ0n) is 14.1. The molecule has 0 spiro atoms. The van der Waals surface area contributed by atoms with E-state index in [4.69, 9.17) is 0 Å². The first kappa shape index (κ1) is 16.5. The van der Waals surface area contributed by atoms with Crippen LogP contribution in [0.25, 0.3) is 0 Å². The molecule has 1 saturated heterocycles. The second-order valence-electron chi connectivity index (χ2n) is 6.78. The molecule has 2 atom stereocenters. The molecule has 1 N–H and O–H groups in total. The molecule has 1 aromatic carbocycles. The Bertz CT molecular complexity index is 403. The van der Waals surface area contributed by atoms with Crippen LogP contribution in [0, 0.1) is 0 Å². The van der Waals surface area contributed by atoms with Gasteiger partial charge < -0.3 is 5.32 Å². The maximum absolute atomic E-state index is 3.67. The molecule has 0 amide bonds. The van der Waals surface area contributed by atoms with Crippen molar-refractivity contribution in [1.29, 1.82) is 0 Å². The summed E-state index contributed by atoms with van der Waals surface area (Å²) < 4.78 is 0. The van der Waals surface area contributed by atoms with Crippen LogP contribution < -0.4 is 5.32 Å². The Balaban J connectivity index is 1.99. The largest absolute Gasteiger partial charge is 0.311 e. The monoisotopic (exact) mass is 288 g/mol. The molecule has 1 aromatic rings. The van der Waals surface area contributed by atoms with Gasteiger partial charge in [-0.2, -0.15) is 0 Å². The lowest BCUT2D eigenvalue weighted by atomic mass is 9.87. The second kappa shape index (κ2) is 7.95. The lowest BCUT2D eigenvalue weighted by molar-refractivity contribution is 0.0517. The van der Waals surface area contributed by atoms with E-state index < -0.39 is 0 Å². The molecule has 0 bridgehead atoms. The van der Waals surface area contributed by atoms with E-state index in [9.17, 15) is 0 Å². The molecule has 1 aliphatic rings. The molecule has 0 aliphatic carbocycles. The minimum atomic E-state index is 0.137. The molecule has 1 aliphatic heterocycles. The highest BCUT2D eigenvalue weighted by molar-refractivity contribution is 5.25. The first-order chi connectivity index (χ1) is 10.2. The van der Waals surface area contributed by atoms with Crippen molar-refractivity contribution < 1.29 is 0 Å². The maximum atomic E-state index is 3.67. The van der Waals surface area contributed by atoms with Gasteiger partial charge in [0.1, 0.15) is 0 Å². The summed E-state index contributed by atoms with van der Waals surface area (Å²) in [5.74, 6) is 0. The number of nitrogens with one attached hydrogen (secondary N) is 1. The highest BCUT2D eigenvalue weighted by Gasteiger charge is 2.37. The first-order valence-corrected chi connectivity index (χ1v) is 8.71. The van der Waals surface area contributed by atoms with E-state index in [0.717, 1.165) is 13.1 Å². The summed E-state index contributed by atoms with van der Waals surface area (Å²) in [5, 5.41) is 3.67. The summed E-state index contributed by atoms with van der Waals surface area (Å²) >= 11 is 0. The van der Waals surface area contributed by atoms with Crippen molar-refractivity contribution in [2.24, 2.45) is 0 Å². The Hall–Kier alpha value is -0.860. The SMILES string of the molecule is CCCCCCCN1CC(C)NCC1(C)c1ccccc1. The highest BCUT2D eigenvalue weighted by Crippen LogP contribution is 2.30. The van der Waals surface area contributed by atoms with Crippen molar-refractivity contribution in [3.05, 3.63) is 35.9 Å². The van der Waals surface area contributed by atoms with Gasteiger partial charge in [-0.05, 0) is 32.4 Å². The van der Waals surface area contributed by atoms with E-state index in [0.29, 0.717) is 6.04 Å². The van der Waals surface area contributed by atoms with Crippen LogP contribution in [-0.4, -0.2) is 30.6 Å². The van der Waals surface area contributed by atoms with E-state index >= 15 is 0 Å². The Morgan fingerprint density at radius 3 is 2.57 bits per heavy atom. The van der Waals surface area contributed by atoms with E-state index in [2.05, 4.69) is 61.3 Å². The molecule has 21 heavy (non-hydrogen) atoms. The molecule has 2 nitrogen and oxygen atoms in total. The molecule has 0 radical (unpaired) electrons. The van der Waals surface area contributed by atoms with E-state index in [1.54, 1.807) is 0 Å². The third kappa shape index (κ3) is 4.31. The molecule has 1 fully saturated rings. The van der Waals surface area contributed by atoms with Gasteiger partial charge in [0.25, 0.3) is 0 Å². The van der Waals surface area contributed by atoms with Gasteiger partial charge in [0.05, 0.1) is 5.54 Å². The summed E-state index contributed by atoms with van der Waals surface area (Å²) in [6.07, 6.45) is 6.80. The predicted octanol–water partition coefficient (Wildman–Crippen LogP) is 4.17. The van der Waals surface area contributed by atoms with Crippen molar-refractivity contribution in [3.8, 4) is 0 Å². The zero-order chi connectivity index (χ0) is 15.1. The van der Waals surface area contributed by atoms with Crippen LogP contribution in [0.3, 0.4) is 0 Å². The molecule has 0 saturated carbocycles. The Morgan fingerprint density at radius 2 is 1.86 bits per heavy atom. The summed E-state index contributed by atoms with van der Waals surface area (Å²) in [7, 11) is 0. The highest BCUT2D eigenvalue weighted by atomic mass is 15.3. The van der Waals surface area contributed by atoms with Crippen molar-refractivity contribution in [2.75, 3.05) is 19.6 Å². The van der Waals surface area contributed by atoms with Gasteiger partial charge >= 0.3 is 0 Å². The van der Waals surface area contributed by atoms with Gasteiger partial charge in [0.15, 0.2) is 0 Å². The number of benzene rings is 1. The van der Waals surface area contributed by atoms with E-state index in [1.807, 2.05) is 0 Å². The molecular weight excluding hydrogens is 256 g/mol. The number of unbranched alkanes of at least 4 members (excludes halogenated alkanes) is 4. The zero-order valence-corrected chi connectivity index (χ0v) is 14.1. The van der Waals surface area contributed by atoms with Crippen LogP contribution >= 0.6 is 0 Å². The summed E-state index contributed by atoms with van der Waals surface area (Å²) in [4.78, 5) is 2.70. The fourth-order valence-corrected chi connectivity index (χ4v) is 3.41. The quantitative estimate of drug-likeness (QED) is 0.758. The van der Waals surface area contributed by atoms with Crippen molar-refractivity contribution in [1.82, 2.24) is 10.2 Å². The molecule has 0 aromatic heterocycles. The normalized spacial score (nSPS) is 26.9. The number of nitrogens with zero attached hydrogens (tertiary/aromatic N) is 1. The van der Waals surface area contributed by atoms with Crippen molar-refractivity contribution in [3.63, 3.8) is 0 Å². The van der Waals surface area contributed by atoms with Crippen LogP contribution in [0.15, 0.2) is 30.3 Å². The average molecular weight is 288 g/mol. The third-order valence-corrected chi connectivity index (χ3v) is 4.91. The van der Waals surface area contributed by atoms with Crippen molar-refractivity contribution >= 4 is 0 Å². The van der Waals surface area contributed by atoms with Crippen LogP contribution in [0.1, 0.15) is 58.4 Å². The molecule has 118 valence electrons. The number of hydrogen-bond acceptors (Lipinski definition) is 2. The van der Waals surface area contributed by atoms with Gasteiger partial charge in [-0.25, -0.2) is 0 Å². The van der Waals surface area contributed by atoms with Gasteiger partial charge in [0, 0.05) is 19.1 Å². The fraction of sp³-hybridized carbons (Fsp3) is 0.684. The second-order valence-corrected chi connectivity index (χ2v) is 6.78. The average Bonchev–Trinajstić information content (AvgIpc) is 2.51. The standard InChI is InChI=1S/C19H32N2/c1-4-5-6-7-11-14-21-15-17(2)20-16-19(21,3)18-12-9-8-10-13-18/h8-10,12-13,17,20H,4-7,11,14-16H2,1-3H3. The van der Waals surface area contributed by atoms with Crippen LogP contribution in [0.5, 0.6) is 0 Å². The summed E-state index contributed by atoms with van der Waals surface area (Å²) in [6.45, 7) is 10.4. The summed E-state index contributed by atoms with van der Waals surface area (Å²) in [6, 6.07) is 11.6. The Labute approximate surface area is 130 Å². The molecule has 2 rings (SSSR count). The smallest absolute Gasteiger partial charge is 0.0557 e. The van der Waals surface area contributed by atoms with Crippen molar-refractivity contribution in [2.45, 2.75) is 64.5 Å². The third-order valence-electron chi connectivity index (χ3n) is 4.91. The van der Waals surface area contributed by atoms with Crippen LogP contribution in [0.4, 0.5) is 0 Å². The van der Waals surface area contributed by atoms with E-state index in [1.165, 1.54) is 44.2 Å². The van der Waals surface area contributed by atoms with Crippen LogP contribution in [0.2, 0.25) is 0 Å². The number of hydrogen-bond donors (Lipinski definition) is 1. The molecule has 1 heterocycles. The number of rotatable bonds is 7. The molecule has 2 heteroatoms. The lowest BCUT2D eigenvalue weighted by Crippen LogP contribution is -2.60. The lowest BCUT2D eigenvalue weighted by Gasteiger charge is -2.48. The topological polar surface area (TPSA) is 15.3 Å². The predicted molar refractivity (Wildman–Crippen MR) is 91.6 cm³/mol. The molecule has 2 unspecified atom stereocenters. The minimum Gasteiger partial charge on any atom is -0.311 e. The number of piperazine rings is 1. The van der Waals surface area contributed by atoms with Gasteiger partial charge in [-0.1, -0.05) is 62.9 Å². The van der Waals surface area contributed by atoms with Gasteiger partial charge in [-0.3, -0.25) is 4.90 Å². The maximum Gasteiger partial charge on any atom is 0.0557 e.